The van der Waals surface area contributed by atoms with E-state index >= 15 is 0 Å². The Hall–Kier alpha value is -3.56. The standard InChI is InChI=1S/C21H19F3N2O5/c1-11(18(27)26-17(19(28)29)21(22,23)24)25-20(30)31-10-16-14-8-4-2-6-12(14)13-7-3-5-9-15(13)16/h2-9,11,16-17H,10H2,1H3,(H,25,30)(H,26,27)(H,28,29)/t11-,17?/m0/s1. The van der Waals surface area contributed by atoms with Gasteiger partial charge >= 0.3 is 18.2 Å². The van der Waals surface area contributed by atoms with Crippen molar-refractivity contribution in [2.75, 3.05) is 6.61 Å². The fraction of sp³-hybridized carbons (Fsp3) is 0.286. The second kappa shape index (κ2) is 8.66. The van der Waals surface area contributed by atoms with Gasteiger partial charge in [-0.05, 0) is 29.2 Å². The highest BCUT2D eigenvalue weighted by Crippen LogP contribution is 2.44. The van der Waals surface area contributed by atoms with E-state index in [2.05, 4.69) is 5.32 Å². The second-order valence-corrected chi connectivity index (χ2v) is 7.01. The minimum absolute atomic E-state index is 0.0471. The smallest absolute Gasteiger partial charge is 0.419 e. The molecule has 0 spiro atoms. The van der Waals surface area contributed by atoms with Gasteiger partial charge in [0.05, 0.1) is 0 Å². The van der Waals surface area contributed by atoms with Crippen molar-refractivity contribution in [2.45, 2.75) is 31.1 Å². The molecule has 1 aliphatic rings. The van der Waals surface area contributed by atoms with Gasteiger partial charge in [0.25, 0.3) is 0 Å². The predicted molar refractivity (Wildman–Crippen MR) is 103 cm³/mol. The number of carboxylic acids is 1. The molecule has 2 amide bonds. The summed E-state index contributed by atoms with van der Waals surface area (Å²) in [5, 5.41) is 12.1. The minimum atomic E-state index is -5.18. The molecule has 3 rings (SSSR count). The van der Waals surface area contributed by atoms with Gasteiger partial charge in [0, 0.05) is 5.92 Å². The highest BCUT2D eigenvalue weighted by molar-refractivity contribution is 5.89. The van der Waals surface area contributed by atoms with Crippen LogP contribution in [0, 0.1) is 0 Å². The number of hydrogen-bond acceptors (Lipinski definition) is 4. The highest BCUT2D eigenvalue weighted by atomic mass is 19.4. The van der Waals surface area contributed by atoms with Crippen LogP contribution in [0.25, 0.3) is 11.1 Å². The quantitative estimate of drug-likeness (QED) is 0.646. The Labute approximate surface area is 175 Å². The number of amides is 2. The van der Waals surface area contributed by atoms with Crippen molar-refractivity contribution < 1.29 is 37.4 Å². The zero-order valence-electron chi connectivity index (χ0n) is 16.3. The average Bonchev–Trinajstić information content (AvgIpc) is 3.03. The summed E-state index contributed by atoms with van der Waals surface area (Å²) in [4.78, 5) is 34.7. The van der Waals surface area contributed by atoms with Crippen LogP contribution < -0.4 is 10.6 Å². The molecular formula is C21H19F3N2O5. The molecule has 1 aliphatic carbocycles. The zero-order valence-corrected chi connectivity index (χ0v) is 16.3. The molecule has 3 N–H and O–H groups in total. The summed E-state index contributed by atoms with van der Waals surface area (Å²) in [5.41, 5.74) is 3.98. The summed E-state index contributed by atoms with van der Waals surface area (Å²) in [6, 6.07) is 10.8. The molecule has 10 heteroatoms. The molecule has 7 nitrogen and oxygen atoms in total. The molecule has 164 valence electrons. The fourth-order valence-electron chi connectivity index (χ4n) is 3.43. The number of benzene rings is 2. The summed E-state index contributed by atoms with van der Waals surface area (Å²) < 4.78 is 43.3. The van der Waals surface area contributed by atoms with E-state index in [-0.39, 0.29) is 12.5 Å². The molecule has 1 unspecified atom stereocenters. The van der Waals surface area contributed by atoms with Crippen molar-refractivity contribution in [2.24, 2.45) is 0 Å². The maximum absolute atomic E-state index is 12.7. The van der Waals surface area contributed by atoms with Crippen molar-refractivity contribution >= 4 is 18.0 Å². The Kier molecular flexibility index (Phi) is 6.19. The predicted octanol–water partition coefficient (Wildman–Crippen LogP) is 3.05. The Morgan fingerprint density at radius 3 is 2.00 bits per heavy atom. The Morgan fingerprint density at radius 1 is 1.00 bits per heavy atom. The van der Waals surface area contributed by atoms with Gasteiger partial charge in [-0.15, -0.1) is 0 Å². The third-order valence-electron chi connectivity index (χ3n) is 4.93. The van der Waals surface area contributed by atoms with Crippen LogP contribution in [0.3, 0.4) is 0 Å². The van der Waals surface area contributed by atoms with Gasteiger partial charge < -0.3 is 20.5 Å². The number of alkyl carbamates (subject to hydrolysis) is 1. The zero-order chi connectivity index (χ0) is 22.8. The number of rotatable bonds is 6. The molecule has 0 aliphatic heterocycles. The van der Waals surface area contributed by atoms with Gasteiger partial charge in [0.1, 0.15) is 12.6 Å². The molecule has 2 aromatic carbocycles. The number of carbonyl (C=O) groups excluding carboxylic acids is 2. The Balaban J connectivity index is 1.60. The van der Waals surface area contributed by atoms with Crippen molar-refractivity contribution in [3.63, 3.8) is 0 Å². The van der Waals surface area contributed by atoms with Gasteiger partial charge in [-0.3, -0.25) is 4.79 Å². The van der Waals surface area contributed by atoms with Crippen LogP contribution in [0.1, 0.15) is 24.0 Å². The summed E-state index contributed by atoms with van der Waals surface area (Å²) >= 11 is 0. The third-order valence-corrected chi connectivity index (χ3v) is 4.93. The van der Waals surface area contributed by atoms with Crippen molar-refractivity contribution in [1.29, 1.82) is 0 Å². The molecule has 0 aromatic heterocycles. The normalized spacial score (nSPS) is 14.7. The lowest BCUT2D eigenvalue weighted by Gasteiger charge is -2.21. The molecule has 0 bridgehead atoms. The molecule has 2 atom stereocenters. The van der Waals surface area contributed by atoms with Gasteiger partial charge in [-0.1, -0.05) is 48.5 Å². The number of fused-ring (bicyclic) bond motifs is 3. The minimum Gasteiger partial charge on any atom is -0.479 e. The van der Waals surface area contributed by atoms with Crippen LogP contribution >= 0.6 is 0 Å². The van der Waals surface area contributed by atoms with Crippen LogP contribution in [-0.4, -0.2) is 47.9 Å². The maximum Gasteiger partial charge on any atom is 0.419 e. The molecule has 0 saturated heterocycles. The Morgan fingerprint density at radius 2 is 1.52 bits per heavy atom. The number of halogens is 3. The van der Waals surface area contributed by atoms with Gasteiger partial charge in [0.15, 0.2) is 0 Å². The first-order valence-corrected chi connectivity index (χ1v) is 9.31. The van der Waals surface area contributed by atoms with E-state index in [9.17, 15) is 27.6 Å². The van der Waals surface area contributed by atoms with Crippen molar-refractivity contribution in [3.8, 4) is 11.1 Å². The van der Waals surface area contributed by atoms with E-state index in [4.69, 9.17) is 9.84 Å². The number of carboxylic acid groups (broad SMARTS) is 1. The first-order valence-electron chi connectivity index (χ1n) is 9.31. The molecular weight excluding hydrogens is 417 g/mol. The lowest BCUT2D eigenvalue weighted by Crippen LogP contribution is -2.55. The molecule has 31 heavy (non-hydrogen) atoms. The number of aliphatic carboxylic acids is 1. The van der Waals surface area contributed by atoms with Gasteiger partial charge in [-0.2, -0.15) is 13.2 Å². The van der Waals surface area contributed by atoms with E-state index in [1.807, 2.05) is 48.5 Å². The van der Waals surface area contributed by atoms with Crippen LogP contribution in [-0.2, 0) is 14.3 Å². The van der Waals surface area contributed by atoms with Crippen molar-refractivity contribution in [1.82, 2.24) is 10.6 Å². The Bertz CT molecular complexity index is 963. The molecule has 0 saturated carbocycles. The number of carbonyl (C=O) groups is 3. The van der Waals surface area contributed by atoms with Crippen LogP contribution in [0.2, 0.25) is 0 Å². The lowest BCUT2D eigenvalue weighted by atomic mass is 9.98. The fourth-order valence-corrected chi connectivity index (χ4v) is 3.43. The molecule has 0 fully saturated rings. The first-order chi connectivity index (χ1) is 14.6. The molecule has 0 radical (unpaired) electrons. The van der Waals surface area contributed by atoms with E-state index in [0.717, 1.165) is 29.2 Å². The SMILES string of the molecule is C[C@H](NC(=O)OCC1c2ccccc2-c2ccccc21)C(=O)NC(C(=O)O)C(F)(F)F. The van der Waals surface area contributed by atoms with E-state index in [1.54, 1.807) is 0 Å². The number of ether oxygens (including phenoxy) is 1. The van der Waals surface area contributed by atoms with Crippen LogP contribution in [0.5, 0.6) is 0 Å². The van der Waals surface area contributed by atoms with Crippen LogP contribution in [0.15, 0.2) is 48.5 Å². The number of nitrogens with one attached hydrogen (secondary N) is 2. The van der Waals surface area contributed by atoms with Gasteiger partial charge in [-0.25, -0.2) is 9.59 Å². The third kappa shape index (κ3) is 4.79. The maximum atomic E-state index is 12.7. The summed E-state index contributed by atoms with van der Waals surface area (Å²) in [7, 11) is 0. The monoisotopic (exact) mass is 436 g/mol. The van der Waals surface area contributed by atoms with Gasteiger partial charge in [0.2, 0.25) is 11.9 Å². The molecule has 2 aromatic rings. The van der Waals surface area contributed by atoms with Crippen molar-refractivity contribution in [3.05, 3.63) is 59.7 Å². The van der Waals surface area contributed by atoms with E-state index < -0.39 is 36.2 Å². The topological polar surface area (TPSA) is 105 Å². The lowest BCUT2D eigenvalue weighted by molar-refractivity contribution is -0.182. The largest absolute Gasteiger partial charge is 0.479 e. The number of alkyl halides is 3. The first kappa shape index (κ1) is 22.1. The summed E-state index contributed by atoms with van der Waals surface area (Å²) in [6.07, 6.45) is -6.19. The highest BCUT2D eigenvalue weighted by Gasteiger charge is 2.46. The molecule has 0 heterocycles. The van der Waals surface area contributed by atoms with Crippen LogP contribution in [0.4, 0.5) is 18.0 Å². The van der Waals surface area contributed by atoms with E-state index in [1.165, 1.54) is 5.32 Å². The average molecular weight is 436 g/mol. The van der Waals surface area contributed by atoms with E-state index in [0.29, 0.717) is 0 Å². The second-order valence-electron chi connectivity index (χ2n) is 7.01. The summed E-state index contributed by atoms with van der Waals surface area (Å²) in [6.45, 7) is 1.07. The summed E-state index contributed by atoms with van der Waals surface area (Å²) in [5.74, 6) is -3.80. The number of hydrogen-bond donors (Lipinski definition) is 3.